The van der Waals surface area contributed by atoms with Gasteiger partial charge in [0.1, 0.15) is 5.70 Å². The molecule has 1 aromatic rings. The smallest absolute Gasteiger partial charge is 0.356 e. The van der Waals surface area contributed by atoms with Crippen molar-refractivity contribution in [3.05, 3.63) is 42.1 Å². The molecule has 122 valence electrons. The number of carbonyl (C=O) groups excluding carboxylic acids is 3. The van der Waals surface area contributed by atoms with Gasteiger partial charge in [-0.05, 0) is 32.1 Å². The highest BCUT2D eigenvalue weighted by Gasteiger charge is 2.22. The molecule has 2 N–H and O–H groups in total. The van der Waals surface area contributed by atoms with Crippen LogP contribution in [0.4, 0.5) is 5.69 Å². The van der Waals surface area contributed by atoms with E-state index in [2.05, 4.69) is 10.9 Å². The van der Waals surface area contributed by atoms with Crippen molar-refractivity contribution in [2.24, 2.45) is 0 Å². The standard InChI is InChI=1S/C16H19N3O4/c1-11(2)19(12-6-4-3-5-7-12)15(21)10-23-16(22)13-8-9-14(20)18-17-13/h3-8,11,17H,9-10H2,1-2H3,(H,18,20). The maximum Gasteiger partial charge on any atom is 0.356 e. The first-order chi connectivity index (χ1) is 11.0. The van der Waals surface area contributed by atoms with Crippen molar-refractivity contribution in [1.82, 2.24) is 10.9 Å². The number of hydrogen-bond donors (Lipinski definition) is 2. The van der Waals surface area contributed by atoms with Crippen LogP contribution in [0.1, 0.15) is 20.3 Å². The van der Waals surface area contributed by atoms with Crippen LogP contribution in [0.5, 0.6) is 0 Å². The number of rotatable bonds is 5. The summed E-state index contributed by atoms with van der Waals surface area (Å²) in [7, 11) is 0. The number of hydrogen-bond acceptors (Lipinski definition) is 5. The number of nitrogens with one attached hydrogen (secondary N) is 2. The van der Waals surface area contributed by atoms with Gasteiger partial charge in [-0.25, -0.2) is 4.79 Å². The number of esters is 1. The first-order valence-corrected chi connectivity index (χ1v) is 7.28. The third-order valence-electron chi connectivity index (χ3n) is 3.19. The van der Waals surface area contributed by atoms with Gasteiger partial charge in [-0.15, -0.1) is 0 Å². The van der Waals surface area contributed by atoms with Crippen LogP contribution in [0.25, 0.3) is 0 Å². The topological polar surface area (TPSA) is 87.7 Å². The molecule has 0 spiro atoms. The molecule has 7 nitrogen and oxygen atoms in total. The number of amides is 2. The Balaban J connectivity index is 1.97. The minimum atomic E-state index is -0.685. The van der Waals surface area contributed by atoms with Gasteiger partial charge in [-0.1, -0.05) is 18.2 Å². The predicted molar refractivity (Wildman–Crippen MR) is 84.0 cm³/mol. The maximum absolute atomic E-state index is 12.4. The molecule has 1 heterocycles. The normalized spacial score (nSPS) is 13.7. The van der Waals surface area contributed by atoms with Crippen LogP contribution in [0.2, 0.25) is 0 Å². The number of hydrazine groups is 1. The summed E-state index contributed by atoms with van der Waals surface area (Å²) < 4.78 is 5.02. The Morgan fingerprint density at radius 2 is 1.91 bits per heavy atom. The summed E-state index contributed by atoms with van der Waals surface area (Å²) >= 11 is 0. The molecular formula is C16H19N3O4. The Hall–Kier alpha value is -2.83. The monoisotopic (exact) mass is 317 g/mol. The molecule has 0 unspecified atom stereocenters. The average Bonchev–Trinajstić information content (AvgIpc) is 2.54. The van der Waals surface area contributed by atoms with Gasteiger partial charge in [-0.2, -0.15) is 0 Å². The van der Waals surface area contributed by atoms with Crippen LogP contribution in [0.3, 0.4) is 0 Å². The van der Waals surface area contributed by atoms with E-state index in [1.54, 1.807) is 4.90 Å². The molecule has 2 rings (SSSR count). The van der Waals surface area contributed by atoms with Crippen molar-refractivity contribution in [3.8, 4) is 0 Å². The summed E-state index contributed by atoms with van der Waals surface area (Å²) in [5.41, 5.74) is 5.61. The number of carbonyl (C=O) groups is 3. The summed E-state index contributed by atoms with van der Waals surface area (Å²) in [6.07, 6.45) is 1.51. The van der Waals surface area contributed by atoms with Gasteiger partial charge < -0.3 is 9.64 Å². The molecule has 0 aliphatic carbocycles. The summed E-state index contributed by atoms with van der Waals surface area (Å²) in [5, 5.41) is 0. The summed E-state index contributed by atoms with van der Waals surface area (Å²) in [6.45, 7) is 3.39. The lowest BCUT2D eigenvalue weighted by atomic mass is 10.2. The van der Waals surface area contributed by atoms with Crippen molar-refractivity contribution >= 4 is 23.5 Å². The fraction of sp³-hybridized carbons (Fsp3) is 0.312. The molecule has 0 saturated carbocycles. The molecule has 1 aromatic carbocycles. The Morgan fingerprint density at radius 3 is 2.48 bits per heavy atom. The van der Waals surface area contributed by atoms with Crippen molar-refractivity contribution in [1.29, 1.82) is 0 Å². The van der Waals surface area contributed by atoms with Crippen LogP contribution in [-0.2, 0) is 19.1 Å². The maximum atomic E-state index is 12.4. The van der Waals surface area contributed by atoms with Crippen molar-refractivity contribution in [3.63, 3.8) is 0 Å². The van der Waals surface area contributed by atoms with E-state index in [4.69, 9.17) is 4.74 Å². The van der Waals surface area contributed by atoms with Crippen molar-refractivity contribution in [2.45, 2.75) is 26.3 Å². The SMILES string of the molecule is CC(C)N(C(=O)COC(=O)C1=CCC(=O)NN1)c1ccccc1. The molecule has 0 radical (unpaired) electrons. The molecule has 0 saturated heterocycles. The molecule has 2 amide bonds. The average molecular weight is 317 g/mol. The highest BCUT2D eigenvalue weighted by molar-refractivity contribution is 5.97. The van der Waals surface area contributed by atoms with E-state index in [1.807, 2.05) is 44.2 Å². The summed E-state index contributed by atoms with van der Waals surface area (Å²) in [6, 6.07) is 9.10. The molecule has 0 atom stereocenters. The number of ether oxygens (including phenoxy) is 1. The first kappa shape index (κ1) is 16.5. The second kappa shape index (κ2) is 7.44. The molecule has 1 aliphatic rings. The van der Waals surface area contributed by atoms with Crippen LogP contribution < -0.4 is 15.8 Å². The molecule has 1 aliphatic heterocycles. The van der Waals surface area contributed by atoms with Gasteiger partial charge in [0.05, 0.1) is 0 Å². The van der Waals surface area contributed by atoms with Gasteiger partial charge >= 0.3 is 5.97 Å². The lowest BCUT2D eigenvalue weighted by Crippen LogP contribution is -2.43. The highest BCUT2D eigenvalue weighted by atomic mass is 16.5. The van der Waals surface area contributed by atoms with Gasteiger partial charge in [-0.3, -0.25) is 20.4 Å². The van der Waals surface area contributed by atoms with Crippen LogP contribution in [0.15, 0.2) is 42.1 Å². The molecule has 0 aromatic heterocycles. The Bertz CT molecular complexity index is 625. The zero-order valence-electron chi connectivity index (χ0n) is 13.0. The van der Waals surface area contributed by atoms with Gasteiger partial charge in [0.2, 0.25) is 5.91 Å². The van der Waals surface area contributed by atoms with E-state index in [9.17, 15) is 14.4 Å². The zero-order chi connectivity index (χ0) is 16.8. The number of nitrogens with zero attached hydrogens (tertiary/aromatic N) is 1. The van der Waals surface area contributed by atoms with Gasteiger partial charge in [0.25, 0.3) is 5.91 Å². The summed E-state index contributed by atoms with van der Waals surface area (Å²) in [5.74, 6) is -1.25. The minimum absolute atomic E-state index is 0.0742. The number of para-hydroxylation sites is 1. The lowest BCUT2D eigenvalue weighted by molar-refractivity contribution is -0.144. The Labute approximate surface area is 134 Å². The number of anilines is 1. The van der Waals surface area contributed by atoms with E-state index in [1.165, 1.54) is 6.08 Å². The van der Waals surface area contributed by atoms with Crippen LogP contribution in [-0.4, -0.2) is 30.4 Å². The van der Waals surface area contributed by atoms with Crippen molar-refractivity contribution < 1.29 is 19.1 Å². The molecule has 0 fully saturated rings. The third-order valence-corrected chi connectivity index (χ3v) is 3.19. The van der Waals surface area contributed by atoms with E-state index < -0.39 is 5.97 Å². The highest BCUT2D eigenvalue weighted by Crippen LogP contribution is 2.16. The van der Waals surface area contributed by atoms with Gasteiger partial charge in [0.15, 0.2) is 6.61 Å². The first-order valence-electron chi connectivity index (χ1n) is 7.28. The largest absolute Gasteiger partial charge is 0.451 e. The fourth-order valence-electron chi connectivity index (χ4n) is 2.16. The van der Waals surface area contributed by atoms with Crippen molar-refractivity contribution in [2.75, 3.05) is 11.5 Å². The van der Waals surface area contributed by atoms with E-state index in [-0.39, 0.29) is 36.6 Å². The van der Waals surface area contributed by atoms with Crippen LogP contribution in [0, 0.1) is 0 Å². The summed E-state index contributed by atoms with van der Waals surface area (Å²) in [4.78, 5) is 36.8. The number of benzene rings is 1. The second-order valence-corrected chi connectivity index (χ2v) is 5.26. The lowest BCUT2D eigenvalue weighted by Gasteiger charge is -2.26. The van der Waals surface area contributed by atoms with Crippen LogP contribution >= 0.6 is 0 Å². The van der Waals surface area contributed by atoms with Gasteiger partial charge in [0, 0.05) is 18.2 Å². The fourth-order valence-corrected chi connectivity index (χ4v) is 2.16. The quantitative estimate of drug-likeness (QED) is 0.787. The Kier molecular flexibility index (Phi) is 5.35. The predicted octanol–water partition coefficient (Wildman–Crippen LogP) is 0.880. The molecular weight excluding hydrogens is 298 g/mol. The van der Waals surface area contributed by atoms with E-state index in [0.717, 1.165) is 5.69 Å². The molecule has 7 heteroatoms. The molecule has 23 heavy (non-hydrogen) atoms. The zero-order valence-corrected chi connectivity index (χ0v) is 13.0. The minimum Gasteiger partial charge on any atom is -0.451 e. The van der Waals surface area contributed by atoms with E-state index >= 15 is 0 Å². The Morgan fingerprint density at radius 1 is 1.22 bits per heavy atom. The molecule has 0 bridgehead atoms. The second-order valence-electron chi connectivity index (χ2n) is 5.26. The third kappa shape index (κ3) is 4.32. The van der Waals surface area contributed by atoms with E-state index in [0.29, 0.717) is 0 Å².